The molecule has 0 radical (unpaired) electrons. The van der Waals surface area contributed by atoms with Crippen LogP contribution in [0.25, 0.3) is 86.9 Å². The summed E-state index contributed by atoms with van der Waals surface area (Å²) >= 11 is 0. The van der Waals surface area contributed by atoms with E-state index >= 15 is 0 Å². The summed E-state index contributed by atoms with van der Waals surface area (Å²) in [6, 6.07) is 47.2. The Morgan fingerprint density at radius 2 is 0.825 bits per heavy atom. The lowest BCUT2D eigenvalue weighted by Gasteiger charge is -2.17. The highest BCUT2D eigenvalue weighted by Gasteiger charge is 2.16. The number of rotatable bonds is 2. The van der Waals surface area contributed by atoms with Crippen molar-refractivity contribution >= 4 is 64.6 Å². The van der Waals surface area contributed by atoms with Gasteiger partial charge in [-0.1, -0.05) is 103 Å². The monoisotopic (exact) mass is 505 g/mol. The number of hydrogen-bond acceptors (Lipinski definition) is 1. The molecule has 0 amide bonds. The molecule has 0 saturated carbocycles. The molecule has 0 N–H and O–H groups in total. The van der Waals surface area contributed by atoms with Crippen molar-refractivity contribution in [1.29, 1.82) is 0 Å². The van der Waals surface area contributed by atoms with Gasteiger partial charge in [0, 0.05) is 18.0 Å². The van der Waals surface area contributed by atoms with Gasteiger partial charge in [0.2, 0.25) is 0 Å². The molecule has 0 unspecified atom stereocenters. The van der Waals surface area contributed by atoms with Crippen LogP contribution in [0.5, 0.6) is 0 Å². The zero-order chi connectivity index (χ0) is 26.2. The molecular formula is C39H23N. The first-order chi connectivity index (χ1) is 19.8. The average molecular weight is 506 g/mol. The van der Waals surface area contributed by atoms with Gasteiger partial charge >= 0.3 is 0 Å². The number of pyridine rings is 1. The topological polar surface area (TPSA) is 12.9 Å². The Labute approximate surface area is 231 Å². The summed E-state index contributed by atoms with van der Waals surface area (Å²) in [5, 5.41) is 15.7. The van der Waals surface area contributed by atoms with Gasteiger partial charge in [-0.25, -0.2) is 0 Å². The standard InChI is InChI=1S/C39H23N/c1-9-27(30-11-5-19-40-23-30)20-28(10-1)31-21-29-18-17-26-7-3-13-33-32-12-2-6-24-15-16-25-8-4-14-34(38(25)36(24)32)35(22-31)39(29)37(26)33/h1-23H. The van der Waals surface area contributed by atoms with E-state index in [1.807, 2.05) is 18.5 Å². The van der Waals surface area contributed by atoms with Crippen molar-refractivity contribution in [3.05, 3.63) is 140 Å². The Morgan fingerprint density at radius 3 is 1.43 bits per heavy atom. The number of fused-ring (bicyclic) bond motifs is 2. The van der Waals surface area contributed by atoms with Crippen molar-refractivity contribution in [3.8, 4) is 22.3 Å². The smallest absolute Gasteiger partial charge is 0.0346 e. The largest absolute Gasteiger partial charge is 0.264 e. The molecule has 1 heteroatoms. The molecule has 9 rings (SSSR count). The highest BCUT2D eigenvalue weighted by atomic mass is 14.6. The zero-order valence-electron chi connectivity index (χ0n) is 21.7. The molecule has 40 heavy (non-hydrogen) atoms. The first-order valence-corrected chi connectivity index (χ1v) is 13.8. The molecule has 0 aliphatic rings. The fraction of sp³-hybridized carbons (Fsp3) is 0. The molecule has 1 nitrogen and oxygen atoms in total. The van der Waals surface area contributed by atoms with Gasteiger partial charge in [-0.3, -0.25) is 4.98 Å². The Morgan fingerprint density at radius 1 is 0.325 bits per heavy atom. The van der Waals surface area contributed by atoms with Gasteiger partial charge in [-0.15, -0.1) is 0 Å². The Balaban J connectivity index is 1.51. The number of hydrogen-bond donors (Lipinski definition) is 0. The molecule has 184 valence electrons. The van der Waals surface area contributed by atoms with Crippen LogP contribution in [0.15, 0.2) is 140 Å². The van der Waals surface area contributed by atoms with E-state index in [0.29, 0.717) is 0 Å². The van der Waals surface area contributed by atoms with Crippen molar-refractivity contribution in [2.75, 3.05) is 0 Å². The maximum atomic E-state index is 4.35. The van der Waals surface area contributed by atoms with E-state index < -0.39 is 0 Å². The van der Waals surface area contributed by atoms with Gasteiger partial charge in [0.15, 0.2) is 0 Å². The maximum absolute atomic E-state index is 4.35. The third-order valence-electron chi connectivity index (χ3n) is 8.61. The van der Waals surface area contributed by atoms with Crippen LogP contribution in [0, 0.1) is 0 Å². The molecule has 0 bridgehead atoms. The molecule has 1 heterocycles. The second kappa shape index (κ2) is 8.11. The maximum Gasteiger partial charge on any atom is 0.0346 e. The van der Waals surface area contributed by atoms with Crippen LogP contribution in [0.2, 0.25) is 0 Å². The summed E-state index contributed by atoms with van der Waals surface area (Å²) in [5.41, 5.74) is 4.74. The number of nitrogens with zero attached hydrogens (tertiary/aromatic N) is 1. The molecule has 1 aromatic heterocycles. The van der Waals surface area contributed by atoms with Gasteiger partial charge in [-0.2, -0.15) is 0 Å². The van der Waals surface area contributed by atoms with E-state index in [0.717, 1.165) is 5.56 Å². The van der Waals surface area contributed by atoms with E-state index in [2.05, 4.69) is 126 Å². The minimum absolute atomic E-state index is 1.13. The number of aromatic nitrogens is 1. The Kier molecular flexibility index (Phi) is 4.39. The van der Waals surface area contributed by atoms with Gasteiger partial charge in [0.25, 0.3) is 0 Å². The molecule has 0 saturated heterocycles. The minimum Gasteiger partial charge on any atom is -0.264 e. The summed E-state index contributed by atoms with van der Waals surface area (Å²) in [5.74, 6) is 0. The summed E-state index contributed by atoms with van der Waals surface area (Å²) in [6.07, 6.45) is 3.76. The fourth-order valence-electron chi connectivity index (χ4n) is 6.86. The first kappa shape index (κ1) is 21.6. The second-order valence-corrected chi connectivity index (χ2v) is 10.8. The third kappa shape index (κ3) is 3.00. The van der Waals surface area contributed by atoms with Crippen molar-refractivity contribution in [1.82, 2.24) is 4.98 Å². The van der Waals surface area contributed by atoms with Gasteiger partial charge in [-0.05, 0) is 106 Å². The van der Waals surface area contributed by atoms with Crippen molar-refractivity contribution < 1.29 is 0 Å². The third-order valence-corrected chi connectivity index (χ3v) is 8.61. The van der Waals surface area contributed by atoms with Crippen LogP contribution < -0.4 is 0 Å². The van der Waals surface area contributed by atoms with Crippen LogP contribution in [0.1, 0.15) is 0 Å². The highest BCUT2D eigenvalue weighted by molar-refractivity contribution is 6.37. The van der Waals surface area contributed by atoms with Crippen LogP contribution >= 0.6 is 0 Å². The quantitative estimate of drug-likeness (QED) is 0.213. The molecule has 8 aromatic carbocycles. The van der Waals surface area contributed by atoms with Gasteiger partial charge in [0.1, 0.15) is 0 Å². The van der Waals surface area contributed by atoms with Crippen LogP contribution in [0.3, 0.4) is 0 Å². The lowest BCUT2D eigenvalue weighted by Crippen LogP contribution is -1.89. The minimum atomic E-state index is 1.13. The lowest BCUT2D eigenvalue weighted by atomic mass is 9.86. The zero-order valence-corrected chi connectivity index (χ0v) is 21.7. The normalized spacial score (nSPS) is 12.0. The van der Waals surface area contributed by atoms with E-state index in [1.165, 1.54) is 81.3 Å². The van der Waals surface area contributed by atoms with Crippen LogP contribution in [0.4, 0.5) is 0 Å². The highest BCUT2D eigenvalue weighted by Crippen LogP contribution is 2.44. The molecule has 0 aliphatic heterocycles. The predicted octanol–water partition coefficient (Wildman–Crippen LogP) is 10.8. The molecule has 0 atom stereocenters. The van der Waals surface area contributed by atoms with Crippen LogP contribution in [-0.2, 0) is 0 Å². The lowest BCUT2D eigenvalue weighted by molar-refractivity contribution is 1.33. The van der Waals surface area contributed by atoms with Gasteiger partial charge < -0.3 is 0 Å². The molecule has 0 spiro atoms. The molecular weight excluding hydrogens is 482 g/mol. The molecule has 0 aliphatic carbocycles. The average Bonchev–Trinajstić information content (AvgIpc) is 3.03. The Hall–Kier alpha value is -5.27. The van der Waals surface area contributed by atoms with E-state index in [-0.39, 0.29) is 0 Å². The fourth-order valence-corrected chi connectivity index (χ4v) is 6.86. The first-order valence-electron chi connectivity index (χ1n) is 13.8. The summed E-state index contributed by atoms with van der Waals surface area (Å²) < 4.78 is 0. The van der Waals surface area contributed by atoms with E-state index in [4.69, 9.17) is 0 Å². The second-order valence-electron chi connectivity index (χ2n) is 10.8. The summed E-state index contributed by atoms with van der Waals surface area (Å²) in [4.78, 5) is 4.35. The van der Waals surface area contributed by atoms with Crippen molar-refractivity contribution in [2.45, 2.75) is 0 Å². The summed E-state index contributed by atoms with van der Waals surface area (Å²) in [7, 11) is 0. The van der Waals surface area contributed by atoms with Crippen molar-refractivity contribution in [3.63, 3.8) is 0 Å². The van der Waals surface area contributed by atoms with Crippen LogP contribution in [-0.4, -0.2) is 4.98 Å². The Bertz CT molecular complexity index is 2410. The van der Waals surface area contributed by atoms with Gasteiger partial charge in [0.05, 0.1) is 0 Å². The van der Waals surface area contributed by atoms with Crippen molar-refractivity contribution in [2.24, 2.45) is 0 Å². The summed E-state index contributed by atoms with van der Waals surface area (Å²) in [6.45, 7) is 0. The van der Waals surface area contributed by atoms with E-state index in [9.17, 15) is 0 Å². The predicted molar refractivity (Wildman–Crippen MR) is 171 cm³/mol. The van der Waals surface area contributed by atoms with E-state index in [1.54, 1.807) is 0 Å². The molecule has 0 fully saturated rings. The molecule has 9 aromatic rings. The number of benzene rings is 7. The SMILES string of the molecule is c1cncc(-c2cccc(-c3cc4ccc5cccc6c7cccc8ccc9cccc(c(c3)c4c56)c9c87)c2)c1.